The van der Waals surface area contributed by atoms with Crippen LogP contribution in [-0.4, -0.2) is 39.6 Å². The van der Waals surface area contributed by atoms with Gasteiger partial charge in [0, 0.05) is 6.42 Å². The van der Waals surface area contributed by atoms with Gasteiger partial charge in [0.05, 0.1) is 6.10 Å². The highest BCUT2D eigenvalue weighted by atomic mass is 31.2. The fourth-order valence-corrected chi connectivity index (χ4v) is 1.94. The van der Waals surface area contributed by atoms with Crippen molar-refractivity contribution in [3.05, 3.63) is 0 Å². The van der Waals surface area contributed by atoms with Gasteiger partial charge in [-0.2, -0.15) is 0 Å². The highest BCUT2D eigenvalue weighted by Crippen LogP contribution is 2.39. The lowest BCUT2D eigenvalue weighted by atomic mass is 10.0. The summed E-state index contributed by atoms with van der Waals surface area (Å²) in [5, 5.41) is 11.3. The predicted molar refractivity (Wildman–Crippen MR) is 45.6 cm³/mol. The molecule has 0 radical (unpaired) electrons. The first-order valence-corrected chi connectivity index (χ1v) is 5.61. The standard InChI is InChI=1S/C6H12NO6P/c8-6(9)5-3-4(1-2-7-5)13-14(10,11)12/h4-5,7H,1-3H2,(H,8,9)(H2,10,11,12). The zero-order chi connectivity index (χ0) is 10.8. The molecule has 2 atom stereocenters. The Kier molecular flexibility index (Phi) is 3.63. The molecule has 1 fully saturated rings. The van der Waals surface area contributed by atoms with Crippen LogP contribution in [0.3, 0.4) is 0 Å². The van der Waals surface area contributed by atoms with Crippen molar-refractivity contribution in [3.63, 3.8) is 0 Å². The Morgan fingerprint density at radius 1 is 1.50 bits per heavy atom. The number of nitrogens with one attached hydrogen (secondary N) is 1. The predicted octanol–water partition coefficient (Wildman–Crippen LogP) is -0.699. The van der Waals surface area contributed by atoms with Crippen molar-refractivity contribution in [1.29, 1.82) is 0 Å². The van der Waals surface area contributed by atoms with Crippen LogP contribution in [0.5, 0.6) is 0 Å². The maximum absolute atomic E-state index is 10.6. The normalized spacial score (nSPS) is 28.7. The largest absolute Gasteiger partial charge is 0.480 e. The van der Waals surface area contributed by atoms with Gasteiger partial charge in [0.25, 0.3) is 0 Å². The van der Waals surface area contributed by atoms with Crippen LogP contribution in [0.25, 0.3) is 0 Å². The molecule has 1 rings (SSSR count). The van der Waals surface area contributed by atoms with Crippen LogP contribution in [0.15, 0.2) is 0 Å². The molecule has 0 aromatic heterocycles. The Labute approximate surface area is 80.3 Å². The number of phosphoric ester groups is 1. The van der Waals surface area contributed by atoms with E-state index >= 15 is 0 Å². The summed E-state index contributed by atoms with van der Waals surface area (Å²) in [5.41, 5.74) is 0. The van der Waals surface area contributed by atoms with E-state index in [4.69, 9.17) is 14.9 Å². The SMILES string of the molecule is O=C(O)C1CC(OP(=O)(O)O)CCN1. The van der Waals surface area contributed by atoms with Gasteiger partial charge in [-0.3, -0.25) is 9.32 Å². The molecular formula is C6H12NO6P. The van der Waals surface area contributed by atoms with Crippen LogP contribution in [0.4, 0.5) is 0 Å². The lowest BCUT2D eigenvalue weighted by Gasteiger charge is -2.27. The van der Waals surface area contributed by atoms with Gasteiger partial charge in [0.15, 0.2) is 0 Å². The zero-order valence-electron chi connectivity index (χ0n) is 7.29. The van der Waals surface area contributed by atoms with Crippen molar-refractivity contribution < 1.29 is 28.8 Å². The van der Waals surface area contributed by atoms with E-state index in [0.717, 1.165) is 0 Å². The Morgan fingerprint density at radius 3 is 2.64 bits per heavy atom. The van der Waals surface area contributed by atoms with Crippen LogP contribution in [0.2, 0.25) is 0 Å². The quantitative estimate of drug-likeness (QED) is 0.469. The molecule has 0 aromatic carbocycles. The molecule has 2 unspecified atom stereocenters. The van der Waals surface area contributed by atoms with Gasteiger partial charge in [0.2, 0.25) is 0 Å². The lowest BCUT2D eigenvalue weighted by Crippen LogP contribution is -2.45. The van der Waals surface area contributed by atoms with Gasteiger partial charge in [0.1, 0.15) is 6.04 Å². The van der Waals surface area contributed by atoms with Gasteiger partial charge in [-0.05, 0) is 13.0 Å². The van der Waals surface area contributed by atoms with E-state index in [2.05, 4.69) is 9.84 Å². The first kappa shape index (κ1) is 11.6. The molecule has 0 spiro atoms. The molecule has 0 saturated carbocycles. The third-order valence-corrected chi connectivity index (χ3v) is 2.51. The summed E-state index contributed by atoms with van der Waals surface area (Å²) in [6, 6.07) is -0.791. The second-order valence-electron chi connectivity index (χ2n) is 3.09. The highest BCUT2D eigenvalue weighted by Gasteiger charge is 2.31. The summed E-state index contributed by atoms with van der Waals surface area (Å²) in [6.45, 7) is 0.377. The van der Waals surface area contributed by atoms with E-state index in [0.29, 0.717) is 13.0 Å². The molecule has 4 N–H and O–H groups in total. The van der Waals surface area contributed by atoms with E-state index in [1.54, 1.807) is 0 Å². The van der Waals surface area contributed by atoms with Crippen LogP contribution in [0, 0.1) is 0 Å². The summed E-state index contributed by atoms with van der Waals surface area (Å²) in [6.07, 6.45) is -0.229. The van der Waals surface area contributed by atoms with Crippen molar-refractivity contribution in [3.8, 4) is 0 Å². The average Bonchev–Trinajstić information content (AvgIpc) is 2.01. The van der Waals surface area contributed by atoms with Gasteiger partial charge in [-0.25, -0.2) is 4.57 Å². The van der Waals surface area contributed by atoms with E-state index in [1.165, 1.54) is 0 Å². The van der Waals surface area contributed by atoms with Crippen LogP contribution >= 0.6 is 7.82 Å². The van der Waals surface area contributed by atoms with Gasteiger partial charge in [-0.15, -0.1) is 0 Å². The van der Waals surface area contributed by atoms with E-state index in [9.17, 15) is 9.36 Å². The minimum absolute atomic E-state index is 0.0699. The fourth-order valence-electron chi connectivity index (χ4n) is 1.36. The highest BCUT2D eigenvalue weighted by molar-refractivity contribution is 7.46. The fraction of sp³-hybridized carbons (Fsp3) is 0.833. The maximum atomic E-state index is 10.6. The molecule has 1 saturated heterocycles. The van der Waals surface area contributed by atoms with Crippen LogP contribution in [0.1, 0.15) is 12.8 Å². The number of piperidine rings is 1. The number of hydrogen-bond donors (Lipinski definition) is 4. The summed E-state index contributed by atoms with van der Waals surface area (Å²) in [5.74, 6) is -1.04. The minimum Gasteiger partial charge on any atom is -0.480 e. The summed E-state index contributed by atoms with van der Waals surface area (Å²) in [4.78, 5) is 27.6. The van der Waals surface area contributed by atoms with E-state index < -0.39 is 25.9 Å². The molecule has 7 nitrogen and oxygen atoms in total. The molecule has 1 aliphatic heterocycles. The van der Waals surface area contributed by atoms with Crippen molar-refractivity contribution in [1.82, 2.24) is 5.32 Å². The summed E-state index contributed by atoms with van der Waals surface area (Å²) >= 11 is 0. The number of carboxylic acids is 1. The topological polar surface area (TPSA) is 116 Å². The number of aliphatic carboxylic acids is 1. The van der Waals surface area contributed by atoms with Gasteiger partial charge < -0.3 is 20.2 Å². The van der Waals surface area contributed by atoms with Crippen molar-refractivity contribution in [2.75, 3.05) is 6.54 Å². The summed E-state index contributed by atoms with van der Waals surface area (Å²) < 4.78 is 14.9. The molecule has 0 bridgehead atoms. The molecular weight excluding hydrogens is 213 g/mol. The summed E-state index contributed by atoms with van der Waals surface area (Å²) in [7, 11) is -4.51. The van der Waals surface area contributed by atoms with Crippen molar-refractivity contribution >= 4 is 13.8 Å². The molecule has 8 heteroatoms. The van der Waals surface area contributed by atoms with Crippen molar-refractivity contribution in [2.24, 2.45) is 0 Å². The number of phosphoric acid groups is 1. The van der Waals surface area contributed by atoms with E-state index in [1.807, 2.05) is 0 Å². The molecule has 14 heavy (non-hydrogen) atoms. The molecule has 0 amide bonds. The lowest BCUT2D eigenvalue weighted by molar-refractivity contribution is -0.141. The maximum Gasteiger partial charge on any atom is 0.469 e. The second kappa shape index (κ2) is 4.37. The monoisotopic (exact) mass is 225 g/mol. The van der Waals surface area contributed by atoms with Gasteiger partial charge in [-0.1, -0.05) is 0 Å². The minimum atomic E-state index is -4.51. The first-order valence-electron chi connectivity index (χ1n) is 4.08. The number of carbonyl (C=O) groups is 1. The average molecular weight is 225 g/mol. The Hall–Kier alpha value is -0.460. The van der Waals surface area contributed by atoms with Crippen LogP contribution < -0.4 is 5.32 Å². The Balaban J connectivity index is 2.48. The number of rotatable bonds is 3. The molecule has 82 valence electrons. The Morgan fingerprint density at radius 2 is 2.14 bits per heavy atom. The van der Waals surface area contributed by atoms with Crippen LogP contribution in [-0.2, 0) is 13.9 Å². The number of hydrogen-bond acceptors (Lipinski definition) is 4. The third-order valence-electron chi connectivity index (χ3n) is 1.94. The van der Waals surface area contributed by atoms with E-state index in [-0.39, 0.29) is 6.42 Å². The smallest absolute Gasteiger partial charge is 0.469 e. The second-order valence-corrected chi connectivity index (χ2v) is 4.28. The molecule has 0 aliphatic carbocycles. The third kappa shape index (κ3) is 3.73. The van der Waals surface area contributed by atoms with Gasteiger partial charge >= 0.3 is 13.8 Å². The molecule has 1 heterocycles. The Bertz CT molecular complexity index is 263. The molecule has 0 aromatic rings. The number of carboxylic acid groups (broad SMARTS) is 1. The first-order chi connectivity index (χ1) is 6.38. The zero-order valence-corrected chi connectivity index (χ0v) is 8.18. The van der Waals surface area contributed by atoms with Crippen molar-refractivity contribution in [2.45, 2.75) is 25.0 Å². The molecule has 1 aliphatic rings.